The minimum atomic E-state index is -0.582. The number of benzene rings is 3. The Balaban J connectivity index is 1.47. The topological polar surface area (TPSA) is 66.0 Å². The van der Waals surface area contributed by atoms with Crippen LogP contribution in [0.3, 0.4) is 0 Å². The third kappa shape index (κ3) is 3.24. The zero-order valence-corrected chi connectivity index (χ0v) is 18.9. The summed E-state index contributed by atoms with van der Waals surface area (Å²) in [5, 5.41) is 4.96. The molecule has 1 fully saturated rings. The van der Waals surface area contributed by atoms with Crippen LogP contribution in [0, 0.1) is 6.92 Å². The predicted octanol–water partition coefficient (Wildman–Crippen LogP) is 4.43. The number of carbonyl (C=O) groups excluding carboxylic acids is 1. The first kappa shape index (κ1) is 20.9. The van der Waals surface area contributed by atoms with Crippen LogP contribution in [0.25, 0.3) is 10.8 Å². The predicted molar refractivity (Wildman–Crippen MR) is 125 cm³/mol. The Morgan fingerprint density at radius 2 is 1.53 bits per heavy atom. The SMILES string of the molecule is Cc1ccc(C(=O)Nc2ccc(B3OC(C)(C)C(C)(C)O3)c3c2OCO3)c2ccccc12. The molecule has 1 saturated heterocycles. The highest BCUT2D eigenvalue weighted by molar-refractivity contribution is 6.63. The van der Waals surface area contributed by atoms with Crippen molar-refractivity contribution in [2.75, 3.05) is 12.1 Å². The molecule has 3 aromatic rings. The number of amides is 1. The van der Waals surface area contributed by atoms with Crippen LogP contribution < -0.4 is 20.3 Å². The quantitative estimate of drug-likeness (QED) is 0.622. The zero-order valence-electron chi connectivity index (χ0n) is 18.9. The van der Waals surface area contributed by atoms with Gasteiger partial charge < -0.3 is 24.1 Å². The van der Waals surface area contributed by atoms with E-state index in [1.165, 1.54) is 0 Å². The third-order valence-electron chi connectivity index (χ3n) is 6.69. The standard InChI is InChI=1S/C25H26BNO5/c1-15-10-11-18(17-9-7-6-8-16(15)17)23(28)27-20-13-12-19(21-22(20)30-14-29-21)26-31-24(2,3)25(4,5)32-26/h6-13H,14H2,1-5H3,(H,27,28). The number of carbonyl (C=O) groups is 1. The van der Waals surface area contributed by atoms with Gasteiger partial charge in [-0.1, -0.05) is 36.4 Å². The number of nitrogens with one attached hydrogen (secondary N) is 1. The molecule has 0 radical (unpaired) electrons. The molecule has 0 atom stereocenters. The van der Waals surface area contributed by atoms with Crippen LogP contribution in [0.5, 0.6) is 11.5 Å². The molecular formula is C25H26BNO5. The van der Waals surface area contributed by atoms with Crippen molar-refractivity contribution >= 4 is 34.9 Å². The van der Waals surface area contributed by atoms with Gasteiger partial charge in [-0.15, -0.1) is 0 Å². The highest BCUT2D eigenvalue weighted by Gasteiger charge is 2.53. The molecule has 0 aliphatic carbocycles. The molecule has 3 aromatic carbocycles. The summed E-state index contributed by atoms with van der Waals surface area (Å²) in [6.45, 7) is 10.1. The Kier molecular flexibility index (Phi) is 4.73. The van der Waals surface area contributed by atoms with Gasteiger partial charge in [0.15, 0.2) is 11.5 Å². The molecule has 32 heavy (non-hydrogen) atoms. The lowest BCUT2D eigenvalue weighted by atomic mass is 9.78. The van der Waals surface area contributed by atoms with Crippen LogP contribution in [0.4, 0.5) is 5.69 Å². The Morgan fingerprint density at radius 1 is 0.875 bits per heavy atom. The van der Waals surface area contributed by atoms with E-state index in [2.05, 4.69) is 5.32 Å². The molecule has 5 rings (SSSR count). The molecular weight excluding hydrogens is 405 g/mol. The van der Waals surface area contributed by atoms with E-state index in [4.69, 9.17) is 18.8 Å². The van der Waals surface area contributed by atoms with Crippen LogP contribution in [0.1, 0.15) is 43.6 Å². The molecule has 0 unspecified atom stereocenters. The highest BCUT2D eigenvalue weighted by Crippen LogP contribution is 2.42. The number of hydrogen-bond acceptors (Lipinski definition) is 5. The van der Waals surface area contributed by atoms with Crippen LogP contribution in [0.15, 0.2) is 48.5 Å². The van der Waals surface area contributed by atoms with Gasteiger partial charge in [-0.2, -0.15) is 0 Å². The van der Waals surface area contributed by atoms with Gasteiger partial charge in [0, 0.05) is 11.0 Å². The van der Waals surface area contributed by atoms with E-state index in [9.17, 15) is 4.79 Å². The van der Waals surface area contributed by atoms with Gasteiger partial charge in [0.2, 0.25) is 6.79 Å². The largest absolute Gasteiger partial charge is 0.498 e. The van der Waals surface area contributed by atoms with Gasteiger partial charge in [0.1, 0.15) is 0 Å². The molecule has 2 aliphatic rings. The van der Waals surface area contributed by atoms with Crippen molar-refractivity contribution in [2.24, 2.45) is 0 Å². The number of fused-ring (bicyclic) bond motifs is 2. The van der Waals surface area contributed by atoms with Gasteiger partial charge in [0.05, 0.1) is 16.9 Å². The summed E-state index contributed by atoms with van der Waals surface area (Å²) in [6.07, 6.45) is 0. The maximum atomic E-state index is 13.2. The van der Waals surface area contributed by atoms with E-state index in [1.54, 1.807) is 0 Å². The highest BCUT2D eigenvalue weighted by atomic mass is 16.7. The maximum Gasteiger partial charge on any atom is 0.498 e. The second-order valence-electron chi connectivity index (χ2n) is 9.29. The van der Waals surface area contributed by atoms with Crippen LogP contribution >= 0.6 is 0 Å². The number of rotatable bonds is 3. The van der Waals surface area contributed by atoms with E-state index in [1.807, 2.05) is 83.1 Å². The van der Waals surface area contributed by atoms with Gasteiger partial charge >= 0.3 is 7.12 Å². The molecule has 0 spiro atoms. The summed E-state index contributed by atoms with van der Waals surface area (Å²) in [6, 6.07) is 15.4. The molecule has 1 N–H and O–H groups in total. The fourth-order valence-corrected chi connectivity index (χ4v) is 4.11. The zero-order chi connectivity index (χ0) is 22.7. The maximum absolute atomic E-state index is 13.2. The number of hydrogen-bond donors (Lipinski definition) is 1. The molecule has 2 aliphatic heterocycles. The lowest BCUT2D eigenvalue weighted by molar-refractivity contribution is 0.00578. The second kappa shape index (κ2) is 7.25. The van der Waals surface area contributed by atoms with Crippen molar-refractivity contribution in [3.05, 3.63) is 59.7 Å². The monoisotopic (exact) mass is 431 g/mol. The summed E-state index contributed by atoms with van der Waals surface area (Å²) in [5.41, 5.74) is 2.09. The first-order valence-electron chi connectivity index (χ1n) is 10.8. The fraction of sp³-hybridized carbons (Fsp3) is 0.320. The molecule has 0 aromatic heterocycles. The number of ether oxygens (including phenoxy) is 2. The van der Waals surface area contributed by atoms with Gasteiger partial charge in [-0.3, -0.25) is 4.79 Å². The van der Waals surface area contributed by atoms with Gasteiger partial charge in [-0.05, 0) is 63.1 Å². The Labute approximate surface area is 188 Å². The van der Waals surface area contributed by atoms with Crippen LogP contribution in [-0.2, 0) is 9.31 Å². The smallest absolute Gasteiger partial charge is 0.454 e. The minimum absolute atomic E-state index is 0.0716. The molecule has 7 heteroatoms. The number of aryl methyl sites for hydroxylation is 1. The Hall–Kier alpha value is -3.03. The fourth-order valence-electron chi connectivity index (χ4n) is 4.11. The molecule has 1 amide bonds. The second-order valence-corrected chi connectivity index (χ2v) is 9.29. The lowest BCUT2D eigenvalue weighted by Crippen LogP contribution is -2.41. The molecule has 2 heterocycles. The van der Waals surface area contributed by atoms with E-state index in [-0.39, 0.29) is 12.7 Å². The average molecular weight is 431 g/mol. The summed E-state index contributed by atoms with van der Waals surface area (Å²) in [7, 11) is -0.582. The molecule has 164 valence electrons. The molecule has 0 saturated carbocycles. The first-order valence-corrected chi connectivity index (χ1v) is 10.8. The Morgan fingerprint density at radius 3 is 2.25 bits per heavy atom. The molecule has 0 bridgehead atoms. The van der Waals surface area contributed by atoms with Crippen molar-refractivity contribution in [2.45, 2.75) is 45.8 Å². The van der Waals surface area contributed by atoms with Gasteiger partial charge in [-0.25, -0.2) is 0 Å². The van der Waals surface area contributed by atoms with E-state index in [0.29, 0.717) is 22.7 Å². The van der Waals surface area contributed by atoms with Crippen LogP contribution in [-0.4, -0.2) is 31.0 Å². The van der Waals surface area contributed by atoms with E-state index < -0.39 is 18.3 Å². The van der Waals surface area contributed by atoms with E-state index in [0.717, 1.165) is 21.8 Å². The summed E-state index contributed by atoms with van der Waals surface area (Å²) >= 11 is 0. The van der Waals surface area contributed by atoms with Crippen molar-refractivity contribution in [3.8, 4) is 11.5 Å². The van der Waals surface area contributed by atoms with Crippen molar-refractivity contribution < 1.29 is 23.6 Å². The number of anilines is 1. The lowest BCUT2D eigenvalue weighted by Gasteiger charge is -2.32. The normalized spacial score (nSPS) is 18.2. The average Bonchev–Trinajstić information content (AvgIpc) is 3.31. The Bertz CT molecular complexity index is 1220. The van der Waals surface area contributed by atoms with Gasteiger partial charge in [0.25, 0.3) is 5.91 Å². The van der Waals surface area contributed by atoms with Crippen molar-refractivity contribution in [1.29, 1.82) is 0 Å². The summed E-state index contributed by atoms with van der Waals surface area (Å²) in [5.74, 6) is 0.819. The van der Waals surface area contributed by atoms with Crippen LogP contribution in [0.2, 0.25) is 0 Å². The van der Waals surface area contributed by atoms with Crippen molar-refractivity contribution in [3.63, 3.8) is 0 Å². The molecule has 6 nitrogen and oxygen atoms in total. The first-order chi connectivity index (χ1) is 15.2. The van der Waals surface area contributed by atoms with Crippen molar-refractivity contribution in [1.82, 2.24) is 0 Å². The summed E-state index contributed by atoms with van der Waals surface area (Å²) < 4.78 is 23.8. The summed E-state index contributed by atoms with van der Waals surface area (Å²) in [4.78, 5) is 13.2. The van der Waals surface area contributed by atoms with E-state index >= 15 is 0 Å². The third-order valence-corrected chi connectivity index (χ3v) is 6.69. The minimum Gasteiger partial charge on any atom is -0.454 e.